The summed E-state index contributed by atoms with van der Waals surface area (Å²) in [5.41, 5.74) is 1.39. The van der Waals surface area contributed by atoms with Gasteiger partial charge in [-0.05, 0) is 0 Å². The van der Waals surface area contributed by atoms with Gasteiger partial charge in [-0.2, -0.15) is 0 Å². The summed E-state index contributed by atoms with van der Waals surface area (Å²) in [5.74, 6) is 0. The van der Waals surface area contributed by atoms with Crippen LogP contribution in [0.25, 0.3) is 0 Å². The van der Waals surface area contributed by atoms with Gasteiger partial charge in [0.25, 0.3) is 0 Å². The first kappa shape index (κ1) is 12.9. The monoisotopic (exact) mass is 325 g/mol. The van der Waals surface area contributed by atoms with Crippen molar-refractivity contribution in [3.05, 3.63) is 78.9 Å². The zero-order valence-electron chi connectivity index (χ0n) is 11.3. The Hall–Kier alpha value is -1.07. The number of allylic oxidation sites excluding steroid dienone is 8. The predicted molar refractivity (Wildman–Crippen MR) is 81.2 cm³/mol. The summed E-state index contributed by atoms with van der Waals surface area (Å²) in [6.07, 6.45) is 16.1. The summed E-state index contributed by atoms with van der Waals surface area (Å²) in [6.45, 7) is 0. The van der Waals surface area contributed by atoms with Crippen LogP contribution in [-0.2, 0) is 19.8 Å². The van der Waals surface area contributed by atoms with Crippen LogP contribution < -0.4 is 0 Å². The van der Waals surface area contributed by atoms with Crippen molar-refractivity contribution in [1.82, 2.24) is 0 Å². The fraction of sp³-hybridized carbons (Fsp3) is 0.167. The molecule has 3 rings (SSSR count). The van der Waals surface area contributed by atoms with Gasteiger partial charge in [-0.1, -0.05) is 0 Å². The zero-order chi connectivity index (χ0) is 13.1. The Balaban J connectivity index is 2.09. The average molecular weight is 327 g/mol. The fourth-order valence-corrected chi connectivity index (χ4v) is 11.8. The Morgan fingerprint density at radius 2 is 1.47 bits per heavy atom. The van der Waals surface area contributed by atoms with Crippen molar-refractivity contribution < 1.29 is 19.8 Å². The standard InChI is InChI=1S/C7H6.2C5H5.CH3.Zr/c1-7-5-3-2-4-6-7;2*1-2-4-5-3-1;;/h1-6H;2*1-3H,4H2;1H3;. The van der Waals surface area contributed by atoms with Crippen LogP contribution in [0.5, 0.6) is 0 Å². The van der Waals surface area contributed by atoms with Crippen molar-refractivity contribution >= 4 is 3.71 Å². The van der Waals surface area contributed by atoms with Crippen molar-refractivity contribution in [3.63, 3.8) is 0 Å². The second kappa shape index (κ2) is 5.51. The summed E-state index contributed by atoms with van der Waals surface area (Å²) in [7, 11) is 0. The minimum atomic E-state index is -2.52. The van der Waals surface area contributed by atoms with Gasteiger partial charge in [-0.15, -0.1) is 0 Å². The van der Waals surface area contributed by atoms with E-state index in [0.717, 1.165) is 12.8 Å². The second-order valence-electron chi connectivity index (χ2n) is 5.41. The van der Waals surface area contributed by atoms with Crippen LogP contribution in [0.3, 0.4) is 0 Å². The van der Waals surface area contributed by atoms with E-state index in [-0.39, 0.29) is 0 Å². The molecule has 0 nitrogen and oxygen atoms in total. The Morgan fingerprint density at radius 3 is 1.95 bits per heavy atom. The number of benzene rings is 1. The van der Waals surface area contributed by atoms with Crippen molar-refractivity contribution in [2.24, 2.45) is 0 Å². The topological polar surface area (TPSA) is 0 Å². The van der Waals surface area contributed by atoms with Gasteiger partial charge in [0.15, 0.2) is 0 Å². The van der Waals surface area contributed by atoms with Crippen molar-refractivity contribution in [1.29, 1.82) is 0 Å². The number of rotatable bonds is 3. The van der Waals surface area contributed by atoms with Gasteiger partial charge >= 0.3 is 120 Å². The first-order valence-corrected chi connectivity index (χ1v) is 13.3. The SMILES string of the molecule is [CH3][Zr](=[CH]c1ccccc1)([C]1=CC=CC1)[C]1=CC=CC1. The molecule has 0 N–H and O–H groups in total. The van der Waals surface area contributed by atoms with Crippen LogP contribution in [0, 0.1) is 0 Å². The second-order valence-corrected chi connectivity index (χ2v) is 15.2. The molecule has 2 aliphatic carbocycles. The molecule has 0 bridgehead atoms. The Labute approximate surface area is 119 Å². The third kappa shape index (κ3) is 2.62. The number of hydrogen-bond acceptors (Lipinski definition) is 0. The van der Waals surface area contributed by atoms with E-state index >= 15 is 0 Å². The van der Waals surface area contributed by atoms with Crippen LogP contribution in [0.15, 0.2) is 73.3 Å². The predicted octanol–water partition coefficient (Wildman–Crippen LogP) is 4.73. The number of hydrogen-bond donors (Lipinski definition) is 0. The van der Waals surface area contributed by atoms with E-state index in [4.69, 9.17) is 0 Å². The molecule has 0 radical (unpaired) electrons. The van der Waals surface area contributed by atoms with Crippen LogP contribution in [0.2, 0.25) is 4.63 Å². The van der Waals surface area contributed by atoms with Crippen LogP contribution in [0.1, 0.15) is 18.4 Å². The molecule has 0 aromatic heterocycles. The van der Waals surface area contributed by atoms with E-state index in [0.29, 0.717) is 0 Å². The quantitative estimate of drug-likeness (QED) is 0.753. The van der Waals surface area contributed by atoms with Gasteiger partial charge in [0, 0.05) is 0 Å². The normalized spacial score (nSPS) is 17.5. The van der Waals surface area contributed by atoms with Crippen molar-refractivity contribution in [2.75, 3.05) is 0 Å². The van der Waals surface area contributed by atoms with Gasteiger partial charge in [-0.3, -0.25) is 0 Å². The van der Waals surface area contributed by atoms with E-state index in [2.05, 4.69) is 75.1 Å². The first-order chi connectivity index (χ1) is 9.29. The molecule has 0 saturated heterocycles. The maximum atomic E-state index is 2.62. The Morgan fingerprint density at radius 1 is 0.895 bits per heavy atom. The molecule has 0 unspecified atom stereocenters. The molecule has 19 heavy (non-hydrogen) atoms. The summed E-state index contributed by atoms with van der Waals surface area (Å²) >= 11 is -2.52. The van der Waals surface area contributed by atoms with Gasteiger partial charge in [0.1, 0.15) is 0 Å². The van der Waals surface area contributed by atoms with Crippen molar-refractivity contribution in [3.8, 4) is 0 Å². The van der Waals surface area contributed by atoms with Gasteiger partial charge in [0.05, 0.1) is 0 Å². The van der Waals surface area contributed by atoms with E-state index in [9.17, 15) is 0 Å². The summed E-state index contributed by atoms with van der Waals surface area (Å²) in [5, 5.41) is 0. The minimum absolute atomic E-state index is 1.16. The molecule has 2 aliphatic rings. The third-order valence-electron chi connectivity index (χ3n) is 4.13. The molecule has 0 amide bonds. The van der Waals surface area contributed by atoms with E-state index in [1.54, 1.807) is 6.56 Å². The average Bonchev–Trinajstić information content (AvgIpc) is 3.14. The molecule has 0 heterocycles. The van der Waals surface area contributed by atoms with Crippen LogP contribution in [-0.4, -0.2) is 3.71 Å². The third-order valence-corrected chi connectivity index (χ3v) is 14.8. The summed E-state index contributed by atoms with van der Waals surface area (Å²) < 4.78 is 8.58. The van der Waals surface area contributed by atoms with Gasteiger partial charge in [0.2, 0.25) is 0 Å². The van der Waals surface area contributed by atoms with E-state index < -0.39 is 19.8 Å². The van der Waals surface area contributed by atoms with Gasteiger partial charge in [-0.25, -0.2) is 0 Å². The van der Waals surface area contributed by atoms with Crippen molar-refractivity contribution in [2.45, 2.75) is 17.5 Å². The molecule has 0 saturated carbocycles. The molecule has 95 valence electrons. The van der Waals surface area contributed by atoms with Crippen LogP contribution in [0.4, 0.5) is 0 Å². The first-order valence-electron chi connectivity index (χ1n) is 6.92. The maximum absolute atomic E-state index is 2.62. The Bertz CT molecular complexity index is 606. The molecular formula is C18H19Zr. The summed E-state index contributed by atoms with van der Waals surface area (Å²) in [4.78, 5) is 0. The molecule has 0 fully saturated rings. The Kier molecular flexibility index (Phi) is 3.75. The van der Waals surface area contributed by atoms with Gasteiger partial charge < -0.3 is 0 Å². The molecular weight excluding hydrogens is 307 g/mol. The molecule has 1 aromatic carbocycles. The molecule has 1 aromatic rings. The fourth-order valence-electron chi connectivity index (χ4n) is 2.94. The summed E-state index contributed by atoms with van der Waals surface area (Å²) in [6, 6.07) is 10.8. The van der Waals surface area contributed by atoms with Crippen LogP contribution >= 0.6 is 0 Å². The molecule has 0 aliphatic heterocycles. The molecule has 1 heteroatoms. The molecule has 0 atom stereocenters. The zero-order valence-corrected chi connectivity index (χ0v) is 13.8. The van der Waals surface area contributed by atoms with E-state index in [1.165, 1.54) is 5.56 Å². The van der Waals surface area contributed by atoms with E-state index in [1.807, 2.05) is 0 Å². The molecule has 0 spiro atoms.